The number of aromatic nitrogens is 6. The van der Waals surface area contributed by atoms with Crippen LogP contribution in [-0.4, -0.2) is 72.7 Å². The van der Waals surface area contributed by atoms with E-state index in [0.717, 1.165) is 30.3 Å². The monoisotopic (exact) mass is 381 g/mol. The van der Waals surface area contributed by atoms with Gasteiger partial charge in [-0.2, -0.15) is 14.6 Å². The smallest absolute Gasteiger partial charge is 0.317 e. The molecule has 1 aliphatic heterocycles. The van der Waals surface area contributed by atoms with Crippen LogP contribution in [0.4, 0.5) is 10.6 Å². The summed E-state index contributed by atoms with van der Waals surface area (Å²) in [5.74, 6) is 1.55. The fourth-order valence-corrected chi connectivity index (χ4v) is 3.38. The maximum absolute atomic E-state index is 12.6. The molecule has 1 N–H and O–H groups in total. The number of carbonyl (C=O) groups is 1. The summed E-state index contributed by atoms with van der Waals surface area (Å²) >= 11 is 0. The number of fused-ring (bicyclic) bond motifs is 1. The quantitative estimate of drug-likeness (QED) is 0.709. The van der Waals surface area contributed by atoms with Gasteiger partial charge in [0, 0.05) is 69.0 Å². The molecule has 1 saturated heterocycles. The summed E-state index contributed by atoms with van der Waals surface area (Å²) in [6.07, 6.45) is 7.19. The first kappa shape index (κ1) is 18.1. The third kappa shape index (κ3) is 3.85. The highest BCUT2D eigenvalue weighted by Gasteiger charge is 2.24. The SMILES string of the molecule is Cc1cc(N2CCN(C(=O)NC(C)Cc3cnccn3)CC2)n2ncnc2n1. The number of carbonyl (C=O) groups excluding carboxylic acids is 1. The van der Waals surface area contributed by atoms with E-state index < -0.39 is 0 Å². The van der Waals surface area contributed by atoms with E-state index in [1.54, 1.807) is 23.1 Å². The summed E-state index contributed by atoms with van der Waals surface area (Å²) in [6, 6.07) is 1.94. The highest BCUT2D eigenvalue weighted by molar-refractivity contribution is 5.75. The summed E-state index contributed by atoms with van der Waals surface area (Å²) in [7, 11) is 0. The van der Waals surface area contributed by atoms with Gasteiger partial charge in [-0.15, -0.1) is 0 Å². The maximum Gasteiger partial charge on any atom is 0.317 e. The number of nitrogens with one attached hydrogen (secondary N) is 1. The van der Waals surface area contributed by atoms with Crippen LogP contribution in [-0.2, 0) is 6.42 Å². The van der Waals surface area contributed by atoms with Crippen molar-refractivity contribution in [1.82, 2.24) is 39.8 Å². The van der Waals surface area contributed by atoms with E-state index in [4.69, 9.17) is 0 Å². The Bertz CT molecular complexity index is 950. The molecule has 0 bridgehead atoms. The van der Waals surface area contributed by atoms with Gasteiger partial charge in [0.1, 0.15) is 12.1 Å². The Kier molecular flexibility index (Phi) is 5.00. The van der Waals surface area contributed by atoms with Crippen LogP contribution in [0.1, 0.15) is 18.3 Å². The molecule has 0 saturated carbocycles. The molecule has 4 heterocycles. The highest BCUT2D eigenvalue weighted by atomic mass is 16.2. The van der Waals surface area contributed by atoms with Crippen molar-refractivity contribution < 1.29 is 4.79 Å². The molecule has 1 atom stereocenters. The second-order valence-corrected chi connectivity index (χ2v) is 6.95. The molecule has 2 amide bonds. The molecular weight excluding hydrogens is 358 g/mol. The zero-order chi connectivity index (χ0) is 19.5. The molecule has 1 unspecified atom stereocenters. The largest absolute Gasteiger partial charge is 0.353 e. The van der Waals surface area contributed by atoms with Gasteiger partial charge in [0.05, 0.1) is 5.69 Å². The average Bonchev–Trinajstić information content (AvgIpc) is 3.16. The normalized spacial score (nSPS) is 15.6. The Morgan fingerprint density at radius 3 is 2.79 bits per heavy atom. The number of aryl methyl sites for hydroxylation is 1. The molecule has 10 nitrogen and oxygen atoms in total. The Morgan fingerprint density at radius 1 is 1.21 bits per heavy atom. The van der Waals surface area contributed by atoms with Gasteiger partial charge < -0.3 is 15.1 Å². The van der Waals surface area contributed by atoms with E-state index in [1.165, 1.54) is 6.33 Å². The van der Waals surface area contributed by atoms with Gasteiger partial charge in [-0.05, 0) is 13.8 Å². The third-order valence-corrected chi connectivity index (χ3v) is 4.75. The molecule has 10 heteroatoms. The van der Waals surface area contributed by atoms with Crippen LogP contribution in [0.5, 0.6) is 0 Å². The molecule has 28 heavy (non-hydrogen) atoms. The van der Waals surface area contributed by atoms with Gasteiger partial charge in [0.2, 0.25) is 0 Å². The van der Waals surface area contributed by atoms with Crippen molar-refractivity contribution in [3.05, 3.63) is 42.4 Å². The summed E-state index contributed by atoms with van der Waals surface area (Å²) in [5, 5.41) is 7.32. The predicted molar refractivity (Wildman–Crippen MR) is 103 cm³/mol. The van der Waals surface area contributed by atoms with Gasteiger partial charge in [-0.3, -0.25) is 9.97 Å². The molecule has 4 rings (SSSR count). The predicted octanol–water partition coefficient (Wildman–Crippen LogP) is 0.686. The van der Waals surface area contributed by atoms with E-state index >= 15 is 0 Å². The van der Waals surface area contributed by atoms with Crippen LogP contribution in [0.2, 0.25) is 0 Å². The number of hydrogen-bond donors (Lipinski definition) is 1. The Morgan fingerprint density at radius 2 is 2.04 bits per heavy atom. The lowest BCUT2D eigenvalue weighted by atomic mass is 10.2. The lowest BCUT2D eigenvalue weighted by Gasteiger charge is -2.36. The number of amides is 2. The van der Waals surface area contributed by atoms with Crippen molar-refractivity contribution in [1.29, 1.82) is 0 Å². The molecule has 3 aromatic heterocycles. The fraction of sp³-hybridized carbons (Fsp3) is 0.444. The second-order valence-electron chi connectivity index (χ2n) is 6.95. The molecule has 0 radical (unpaired) electrons. The molecule has 0 aliphatic carbocycles. The van der Waals surface area contributed by atoms with Crippen molar-refractivity contribution in [2.75, 3.05) is 31.1 Å². The third-order valence-electron chi connectivity index (χ3n) is 4.75. The molecule has 1 aliphatic rings. The molecule has 3 aromatic rings. The first-order valence-corrected chi connectivity index (χ1v) is 9.33. The number of piperazine rings is 1. The van der Waals surface area contributed by atoms with Crippen LogP contribution in [0.25, 0.3) is 5.78 Å². The standard InChI is InChI=1S/C18H23N9O/c1-13(9-15-11-19-3-4-20-15)24-18(28)26-7-5-25(6-8-26)16-10-14(2)23-17-21-12-22-27(16)17/h3-4,10-13H,5-9H2,1-2H3,(H,24,28). The van der Waals surface area contributed by atoms with Crippen LogP contribution in [0, 0.1) is 6.92 Å². The zero-order valence-corrected chi connectivity index (χ0v) is 16.0. The molecule has 0 aromatic carbocycles. The first-order chi connectivity index (χ1) is 13.6. The Labute approximate surface area is 162 Å². The summed E-state index contributed by atoms with van der Waals surface area (Å²) in [6.45, 7) is 6.65. The maximum atomic E-state index is 12.6. The van der Waals surface area contributed by atoms with E-state index in [0.29, 0.717) is 25.3 Å². The average molecular weight is 381 g/mol. The zero-order valence-electron chi connectivity index (χ0n) is 16.0. The number of nitrogens with zero attached hydrogens (tertiary/aromatic N) is 8. The first-order valence-electron chi connectivity index (χ1n) is 9.33. The number of anilines is 1. The lowest BCUT2D eigenvalue weighted by Crippen LogP contribution is -2.53. The van der Waals surface area contributed by atoms with Crippen molar-refractivity contribution in [3.8, 4) is 0 Å². The van der Waals surface area contributed by atoms with Gasteiger partial charge in [0.15, 0.2) is 0 Å². The van der Waals surface area contributed by atoms with Crippen LogP contribution < -0.4 is 10.2 Å². The van der Waals surface area contributed by atoms with Gasteiger partial charge in [0.25, 0.3) is 5.78 Å². The minimum atomic E-state index is -0.0483. The van der Waals surface area contributed by atoms with Crippen molar-refractivity contribution in [3.63, 3.8) is 0 Å². The minimum Gasteiger partial charge on any atom is -0.353 e. The fourth-order valence-electron chi connectivity index (χ4n) is 3.38. The second kappa shape index (κ2) is 7.75. The van der Waals surface area contributed by atoms with Gasteiger partial charge in [-0.1, -0.05) is 0 Å². The van der Waals surface area contributed by atoms with Crippen LogP contribution >= 0.6 is 0 Å². The van der Waals surface area contributed by atoms with Crippen LogP contribution in [0.15, 0.2) is 31.0 Å². The Hall–Kier alpha value is -3.30. The van der Waals surface area contributed by atoms with E-state index in [2.05, 4.69) is 35.3 Å². The molecule has 1 fully saturated rings. The van der Waals surface area contributed by atoms with E-state index in [1.807, 2.05) is 24.8 Å². The van der Waals surface area contributed by atoms with Crippen molar-refractivity contribution in [2.24, 2.45) is 0 Å². The van der Waals surface area contributed by atoms with E-state index in [-0.39, 0.29) is 12.1 Å². The topological polar surface area (TPSA) is 104 Å². The van der Waals surface area contributed by atoms with E-state index in [9.17, 15) is 4.79 Å². The Balaban J connectivity index is 1.34. The summed E-state index contributed by atoms with van der Waals surface area (Å²) in [5.41, 5.74) is 1.76. The molecular formula is C18H23N9O. The van der Waals surface area contributed by atoms with Gasteiger partial charge >= 0.3 is 6.03 Å². The number of rotatable bonds is 4. The van der Waals surface area contributed by atoms with Crippen molar-refractivity contribution >= 4 is 17.6 Å². The van der Waals surface area contributed by atoms with Crippen molar-refractivity contribution in [2.45, 2.75) is 26.3 Å². The minimum absolute atomic E-state index is 0.0140. The highest BCUT2D eigenvalue weighted by Crippen LogP contribution is 2.18. The summed E-state index contributed by atoms with van der Waals surface area (Å²) < 4.78 is 1.74. The molecule has 146 valence electrons. The number of hydrogen-bond acceptors (Lipinski definition) is 7. The summed E-state index contributed by atoms with van der Waals surface area (Å²) in [4.78, 5) is 33.5. The lowest BCUT2D eigenvalue weighted by molar-refractivity contribution is 0.190. The number of urea groups is 1. The van der Waals surface area contributed by atoms with Crippen LogP contribution in [0.3, 0.4) is 0 Å². The molecule has 0 spiro atoms. The van der Waals surface area contributed by atoms with Gasteiger partial charge in [-0.25, -0.2) is 9.78 Å².